The van der Waals surface area contributed by atoms with Crippen LogP contribution in [-0.2, 0) is 0 Å². The topological polar surface area (TPSA) is 44.9 Å². The van der Waals surface area contributed by atoms with Crippen molar-refractivity contribution < 1.29 is 4.79 Å². The molecule has 1 aliphatic carbocycles. The number of rotatable bonds is 3. The highest BCUT2D eigenvalue weighted by Gasteiger charge is 2.18. The van der Waals surface area contributed by atoms with Crippen LogP contribution in [0.5, 0.6) is 0 Å². The van der Waals surface area contributed by atoms with Gasteiger partial charge < -0.3 is 10.3 Å². The summed E-state index contributed by atoms with van der Waals surface area (Å²) in [6.07, 6.45) is 5.62. The van der Waals surface area contributed by atoms with E-state index in [0.29, 0.717) is 5.69 Å². The second-order valence-corrected chi connectivity index (χ2v) is 3.59. The first kappa shape index (κ1) is 8.35. The first-order valence-corrected chi connectivity index (χ1v) is 4.78. The zero-order chi connectivity index (χ0) is 9.10. The summed E-state index contributed by atoms with van der Waals surface area (Å²) in [5, 5.41) is 2.92. The summed E-state index contributed by atoms with van der Waals surface area (Å²) in [7, 11) is 0. The van der Waals surface area contributed by atoms with Crippen molar-refractivity contribution in [3.05, 3.63) is 24.0 Å². The molecule has 0 bridgehead atoms. The highest BCUT2D eigenvalue weighted by atomic mass is 16.1. The number of carbonyl (C=O) groups excluding carboxylic acids is 1. The molecule has 1 fully saturated rings. The lowest BCUT2D eigenvalue weighted by molar-refractivity contribution is 0.0934. The second kappa shape index (κ2) is 3.64. The Hall–Kier alpha value is -1.25. The van der Waals surface area contributed by atoms with Crippen LogP contribution in [0.2, 0.25) is 0 Å². The maximum Gasteiger partial charge on any atom is 0.267 e. The third kappa shape index (κ3) is 1.91. The molecule has 13 heavy (non-hydrogen) atoms. The van der Waals surface area contributed by atoms with Gasteiger partial charge in [0, 0.05) is 12.7 Å². The summed E-state index contributed by atoms with van der Waals surface area (Å²) >= 11 is 0. The number of H-pyrrole nitrogens is 1. The Morgan fingerprint density at radius 3 is 3.00 bits per heavy atom. The first-order chi connectivity index (χ1) is 6.36. The Bertz CT molecular complexity index is 275. The third-order valence-corrected chi connectivity index (χ3v) is 2.62. The predicted octanol–water partition coefficient (Wildman–Crippen LogP) is 1.54. The Morgan fingerprint density at radius 1 is 1.62 bits per heavy atom. The number of amides is 1. The van der Waals surface area contributed by atoms with Gasteiger partial charge in [0.25, 0.3) is 5.91 Å². The third-order valence-electron chi connectivity index (χ3n) is 2.62. The Morgan fingerprint density at radius 2 is 2.46 bits per heavy atom. The van der Waals surface area contributed by atoms with Crippen LogP contribution in [0.25, 0.3) is 0 Å². The molecule has 0 spiro atoms. The molecule has 0 aromatic carbocycles. The van der Waals surface area contributed by atoms with Crippen LogP contribution >= 0.6 is 0 Å². The van der Waals surface area contributed by atoms with Gasteiger partial charge in [0.2, 0.25) is 0 Å². The summed E-state index contributed by atoms with van der Waals surface area (Å²) in [6.45, 7) is 0.831. The molecule has 70 valence electrons. The van der Waals surface area contributed by atoms with E-state index in [1.54, 1.807) is 12.3 Å². The molecule has 0 radical (unpaired) electrons. The summed E-state index contributed by atoms with van der Waals surface area (Å²) in [4.78, 5) is 14.3. The van der Waals surface area contributed by atoms with Crippen molar-refractivity contribution in [2.75, 3.05) is 6.54 Å². The van der Waals surface area contributed by atoms with E-state index in [4.69, 9.17) is 0 Å². The van der Waals surface area contributed by atoms with E-state index in [1.807, 2.05) is 6.07 Å². The molecule has 0 unspecified atom stereocenters. The van der Waals surface area contributed by atoms with E-state index in [0.717, 1.165) is 12.5 Å². The van der Waals surface area contributed by atoms with Gasteiger partial charge in [-0.2, -0.15) is 0 Å². The van der Waals surface area contributed by atoms with Gasteiger partial charge in [0.05, 0.1) is 0 Å². The predicted molar refractivity (Wildman–Crippen MR) is 50.5 cm³/mol. The Labute approximate surface area is 77.5 Å². The van der Waals surface area contributed by atoms with Crippen molar-refractivity contribution in [1.82, 2.24) is 10.3 Å². The van der Waals surface area contributed by atoms with Gasteiger partial charge in [0.1, 0.15) is 5.69 Å². The summed E-state index contributed by atoms with van der Waals surface area (Å²) < 4.78 is 0. The van der Waals surface area contributed by atoms with Crippen LogP contribution in [0, 0.1) is 5.92 Å². The van der Waals surface area contributed by atoms with Gasteiger partial charge in [-0.1, -0.05) is 6.42 Å². The van der Waals surface area contributed by atoms with Gasteiger partial charge in [-0.25, -0.2) is 0 Å². The van der Waals surface area contributed by atoms with E-state index in [9.17, 15) is 4.79 Å². The largest absolute Gasteiger partial charge is 0.357 e. The Kier molecular flexibility index (Phi) is 2.34. The van der Waals surface area contributed by atoms with Crippen LogP contribution < -0.4 is 5.32 Å². The minimum atomic E-state index is 0.0110. The number of aromatic nitrogens is 1. The molecule has 0 aliphatic heterocycles. The first-order valence-electron chi connectivity index (χ1n) is 4.78. The summed E-state index contributed by atoms with van der Waals surface area (Å²) in [5.41, 5.74) is 0.652. The molecule has 1 aliphatic rings. The van der Waals surface area contributed by atoms with E-state index >= 15 is 0 Å². The summed E-state index contributed by atoms with van der Waals surface area (Å²) in [6, 6.07) is 3.62. The van der Waals surface area contributed by atoms with Crippen LogP contribution in [0.3, 0.4) is 0 Å². The number of carbonyl (C=O) groups is 1. The number of hydrogen-bond donors (Lipinski definition) is 2. The van der Waals surface area contributed by atoms with Crippen LogP contribution in [0.1, 0.15) is 29.8 Å². The van der Waals surface area contributed by atoms with Gasteiger partial charge in [0.15, 0.2) is 0 Å². The number of aromatic amines is 1. The van der Waals surface area contributed by atoms with E-state index in [-0.39, 0.29) is 5.91 Å². The van der Waals surface area contributed by atoms with E-state index in [1.165, 1.54) is 19.3 Å². The fraction of sp³-hybridized carbons (Fsp3) is 0.500. The van der Waals surface area contributed by atoms with Gasteiger partial charge in [-0.3, -0.25) is 4.79 Å². The molecular formula is C10H14N2O. The monoisotopic (exact) mass is 178 g/mol. The maximum absolute atomic E-state index is 11.4. The quantitative estimate of drug-likeness (QED) is 0.724. The molecule has 2 N–H and O–H groups in total. The van der Waals surface area contributed by atoms with Gasteiger partial charge >= 0.3 is 0 Å². The molecule has 1 aromatic rings. The zero-order valence-electron chi connectivity index (χ0n) is 7.55. The second-order valence-electron chi connectivity index (χ2n) is 3.59. The molecule has 0 atom stereocenters. The lowest BCUT2D eigenvalue weighted by Gasteiger charge is -2.25. The summed E-state index contributed by atoms with van der Waals surface area (Å²) in [5.74, 6) is 0.732. The average molecular weight is 178 g/mol. The van der Waals surface area contributed by atoms with Crippen molar-refractivity contribution in [3.63, 3.8) is 0 Å². The maximum atomic E-state index is 11.4. The van der Waals surface area contributed by atoms with Gasteiger partial charge in [-0.15, -0.1) is 0 Å². The fourth-order valence-corrected chi connectivity index (χ4v) is 1.50. The molecule has 0 saturated heterocycles. The van der Waals surface area contributed by atoms with E-state index in [2.05, 4.69) is 10.3 Å². The van der Waals surface area contributed by atoms with Crippen molar-refractivity contribution >= 4 is 5.91 Å². The van der Waals surface area contributed by atoms with Crippen molar-refractivity contribution in [3.8, 4) is 0 Å². The lowest BCUT2D eigenvalue weighted by atomic mass is 9.85. The standard InChI is InChI=1S/C10H14N2O/c13-10(9-5-2-6-11-9)12-7-8-3-1-4-8/h2,5-6,8,11H,1,3-4,7H2,(H,12,13). The molecule has 1 amide bonds. The zero-order valence-corrected chi connectivity index (χ0v) is 7.55. The SMILES string of the molecule is O=C(NCC1CCC1)c1ccc[nH]1. The Balaban J connectivity index is 1.78. The van der Waals surface area contributed by atoms with Crippen LogP contribution in [-0.4, -0.2) is 17.4 Å². The highest BCUT2D eigenvalue weighted by Crippen LogP contribution is 2.25. The molecule has 3 nitrogen and oxygen atoms in total. The molecule has 2 rings (SSSR count). The van der Waals surface area contributed by atoms with E-state index < -0.39 is 0 Å². The molecule has 3 heteroatoms. The molecule has 1 heterocycles. The van der Waals surface area contributed by atoms with Crippen molar-refractivity contribution in [2.45, 2.75) is 19.3 Å². The van der Waals surface area contributed by atoms with Crippen LogP contribution in [0.4, 0.5) is 0 Å². The highest BCUT2D eigenvalue weighted by molar-refractivity contribution is 5.92. The lowest BCUT2D eigenvalue weighted by Crippen LogP contribution is -2.32. The smallest absolute Gasteiger partial charge is 0.267 e. The fourth-order valence-electron chi connectivity index (χ4n) is 1.50. The number of nitrogens with one attached hydrogen (secondary N) is 2. The van der Waals surface area contributed by atoms with Gasteiger partial charge in [-0.05, 0) is 30.9 Å². The minimum absolute atomic E-state index is 0.0110. The molecule has 1 saturated carbocycles. The van der Waals surface area contributed by atoms with Crippen molar-refractivity contribution in [2.24, 2.45) is 5.92 Å². The molecule has 1 aromatic heterocycles. The van der Waals surface area contributed by atoms with Crippen LogP contribution in [0.15, 0.2) is 18.3 Å². The number of hydrogen-bond acceptors (Lipinski definition) is 1. The normalized spacial score (nSPS) is 16.6. The minimum Gasteiger partial charge on any atom is -0.357 e. The van der Waals surface area contributed by atoms with Crippen molar-refractivity contribution in [1.29, 1.82) is 0 Å². The average Bonchev–Trinajstić information content (AvgIpc) is 2.52. The molecular weight excluding hydrogens is 164 g/mol.